The van der Waals surface area contributed by atoms with Gasteiger partial charge in [-0.1, -0.05) is 73.3 Å². The van der Waals surface area contributed by atoms with Crippen molar-refractivity contribution in [2.24, 2.45) is 0 Å². The summed E-state index contributed by atoms with van der Waals surface area (Å²) in [6.07, 6.45) is 5.28. The van der Waals surface area contributed by atoms with Gasteiger partial charge in [0.05, 0.1) is 42.0 Å². The lowest BCUT2D eigenvalue weighted by molar-refractivity contribution is -0.125. The molecule has 4 aromatic rings. The van der Waals surface area contributed by atoms with Crippen LogP contribution in [0.1, 0.15) is 106 Å². The number of carbonyl (C=O) groups excluding carboxylic acids is 6. The molecule has 0 radical (unpaired) electrons. The predicted molar refractivity (Wildman–Crippen MR) is 255 cm³/mol. The van der Waals surface area contributed by atoms with Crippen LogP contribution in [-0.2, 0) is 29.3 Å². The zero-order valence-electron chi connectivity index (χ0n) is 37.2. The number of ether oxygens (including phenoxy) is 2. The number of imide groups is 1. The highest BCUT2D eigenvalue weighted by Gasteiger charge is 2.72. The molecular weight excluding hydrogens is 914 g/mol. The van der Waals surface area contributed by atoms with Crippen molar-refractivity contribution in [2.45, 2.75) is 86.7 Å². The van der Waals surface area contributed by atoms with E-state index < -0.39 is 58.4 Å². The first-order chi connectivity index (χ1) is 32.8. The van der Waals surface area contributed by atoms with Gasteiger partial charge in [0.15, 0.2) is 5.78 Å². The Bertz CT molecular complexity index is 2710. The summed E-state index contributed by atoms with van der Waals surface area (Å²) in [6.45, 7) is 5.34. The van der Waals surface area contributed by atoms with Gasteiger partial charge in [0.2, 0.25) is 17.7 Å². The van der Waals surface area contributed by atoms with Crippen LogP contribution >= 0.6 is 23.2 Å². The van der Waals surface area contributed by atoms with E-state index in [4.69, 9.17) is 32.7 Å². The van der Waals surface area contributed by atoms with E-state index in [1.807, 2.05) is 6.07 Å². The molecule has 4 aliphatic heterocycles. The van der Waals surface area contributed by atoms with Crippen LogP contribution in [0.25, 0.3) is 0 Å². The highest BCUT2D eigenvalue weighted by Crippen LogP contribution is 2.63. The number of ketones is 1. The maximum atomic E-state index is 16.2. The first-order valence-electron chi connectivity index (χ1n) is 23.0. The van der Waals surface area contributed by atoms with Gasteiger partial charge in [-0.2, -0.15) is 0 Å². The molecule has 5 N–H and O–H groups in total. The minimum Gasteiger partial charge on any atom is -0.382 e. The Labute approximate surface area is 402 Å². The summed E-state index contributed by atoms with van der Waals surface area (Å²) in [4.78, 5) is 82.4. The molecule has 0 bridgehead atoms. The van der Waals surface area contributed by atoms with E-state index in [0.717, 1.165) is 24.2 Å². The van der Waals surface area contributed by atoms with Crippen LogP contribution in [-0.4, -0.2) is 90.8 Å². The first kappa shape index (κ1) is 47.1. The highest BCUT2D eigenvalue weighted by atomic mass is 35.5. The number of hydrogen-bond donors (Lipinski definition) is 5. The summed E-state index contributed by atoms with van der Waals surface area (Å²) in [5.74, 6) is -3.98. The van der Waals surface area contributed by atoms with E-state index >= 15 is 4.39 Å². The lowest BCUT2D eigenvalue weighted by Crippen LogP contribution is -2.60. The molecular formula is C51H51Cl2FN6O8. The predicted octanol–water partition coefficient (Wildman–Crippen LogP) is 7.92. The topological polar surface area (TPSA) is 184 Å². The van der Waals surface area contributed by atoms with Crippen molar-refractivity contribution in [3.63, 3.8) is 0 Å². The number of piperidine rings is 1. The third kappa shape index (κ3) is 8.48. The number of carbonyl (C=O) groups is 6. The number of halogens is 3. The number of hydrogen-bond acceptors (Lipinski definition) is 10. The molecule has 9 rings (SSSR count). The van der Waals surface area contributed by atoms with Gasteiger partial charge in [-0.05, 0) is 97.8 Å². The van der Waals surface area contributed by atoms with Crippen molar-refractivity contribution in [2.75, 3.05) is 48.9 Å². The van der Waals surface area contributed by atoms with Gasteiger partial charge in [-0.25, -0.2) is 4.39 Å². The maximum absolute atomic E-state index is 16.2. The number of allylic oxidation sites excluding steroid dienone is 1. The van der Waals surface area contributed by atoms with Gasteiger partial charge in [-0.3, -0.25) is 39.0 Å². The Morgan fingerprint density at radius 3 is 2.38 bits per heavy atom. The molecule has 68 heavy (non-hydrogen) atoms. The molecule has 0 aromatic heterocycles. The van der Waals surface area contributed by atoms with Gasteiger partial charge in [0.25, 0.3) is 11.8 Å². The molecule has 3 fully saturated rings. The third-order valence-electron chi connectivity index (χ3n) is 14.0. The van der Waals surface area contributed by atoms with Crippen LogP contribution in [0.3, 0.4) is 0 Å². The van der Waals surface area contributed by atoms with Crippen molar-refractivity contribution in [1.29, 1.82) is 0 Å². The van der Waals surface area contributed by atoms with E-state index in [2.05, 4.69) is 33.2 Å². The minimum atomic E-state index is -1.36. The van der Waals surface area contributed by atoms with Crippen LogP contribution in [0.5, 0.6) is 0 Å². The standard InChI is InChI=1S/C51H51Cl2FN6O8/c1-29-13-20-39(45(62)56-29)60-47(64)33-8-6-11-37(41(33)48(60)65)55-23-25-68-27-26-67-24-7-12-40(61)30-14-17-32(18-15-30)57-46(63)44-42(34-9-5-10-36(53)43(34)54)51(50(59-44)21-3-2-4-22-50)35-19-16-31(52)28-38(35)58-49(51)66/h5-6,8-11,14-19,28,39,42,44,55,59H,1-4,7,12-13,20-27H2,(H,56,62)(H,57,63)(H,58,66)/t39?,42-,44+,51+/m0/s1. The van der Waals surface area contributed by atoms with Gasteiger partial charge in [0, 0.05) is 64.4 Å². The maximum Gasteiger partial charge on any atom is 0.264 e. The number of nitrogens with zero attached hydrogens (tertiary/aromatic N) is 1. The number of nitrogens with one attached hydrogen (secondary N) is 5. The molecule has 14 nitrogen and oxygen atoms in total. The summed E-state index contributed by atoms with van der Waals surface area (Å²) in [5, 5.41) is 15.8. The quantitative estimate of drug-likeness (QED) is 0.0420. The summed E-state index contributed by atoms with van der Waals surface area (Å²) < 4.78 is 27.6. The minimum absolute atomic E-state index is 0.0986. The van der Waals surface area contributed by atoms with Gasteiger partial charge < -0.3 is 30.7 Å². The van der Waals surface area contributed by atoms with Gasteiger partial charge in [-0.15, -0.1) is 0 Å². The molecule has 2 spiro atoms. The van der Waals surface area contributed by atoms with Gasteiger partial charge in [0.1, 0.15) is 17.3 Å². The van der Waals surface area contributed by atoms with Crippen LogP contribution in [0, 0.1) is 5.82 Å². The number of amides is 5. The van der Waals surface area contributed by atoms with E-state index in [0.29, 0.717) is 104 Å². The average Bonchev–Trinajstić information content (AvgIpc) is 3.88. The second-order valence-corrected chi connectivity index (χ2v) is 18.8. The van der Waals surface area contributed by atoms with E-state index in [1.165, 1.54) is 6.07 Å². The highest BCUT2D eigenvalue weighted by molar-refractivity contribution is 6.31. The molecule has 354 valence electrons. The zero-order chi connectivity index (χ0) is 47.7. The van der Waals surface area contributed by atoms with Crippen molar-refractivity contribution >= 4 is 75.6 Å². The molecule has 5 amide bonds. The van der Waals surface area contributed by atoms with E-state index in [9.17, 15) is 28.8 Å². The van der Waals surface area contributed by atoms with Crippen molar-refractivity contribution in [3.8, 4) is 0 Å². The Morgan fingerprint density at radius 1 is 0.868 bits per heavy atom. The Hall–Kier alpha value is -5.97. The number of rotatable bonds is 16. The molecule has 4 atom stereocenters. The first-order valence-corrected chi connectivity index (χ1v) is 23.8. The average molecular weight is 966 g/mol. The smallest absolute Gasteiger partial charge is 0.264 e. The number of anilines is 3. The van der Waals surface area contributed by atoms with Crippen LogP contribution in [0.4, 0.5) is 21.5 Å². The summed E-state index contributed by atoms with van der Waals surface area (Å²) in [6, 6.07) is 19.5. The fraction of sp³-hybridized carbons (Fsp3) is 0.373. The molecule has 1 aliphatic carbocycles. The SMILES string of the molecule is C=C1CCC(N2C(=O)c3cccc(NCCOCCOCCCC(=O)c4ccc(NC(=O)[C@@H]5NC6(CCCCC6)[C@@]6(C(=O)Nc7cc(Cl)ccc76)[C@H]5c5cccc(Cl)c5F)cc4)c3C2=O)C(=O)N1. The van der Waals surface area contributed by atoms with E-state index in [1.54, 1.807) is 66.7 Å². The molecule has 4 heterocycles. The van der Waals surface area contributed by atoms with Crippen molar-refractivity contribution in [1.82, 2.24) is 15.5 Å². The van der Waals surface area contributed by atoms with Crippen molar-refractivity contribution < 1.29 is 42.6 Å². The summed E-state index contributed by atoms with van der Waals surface area (Å²) in [5.41, 5.74) is 1.53. The van der Waals surface area contributed by atoms with Gasteiger partial charge >= 0.3 is 0 Å². The molecule has 1 saturated carbocycles. The Balaban J connectivity index is 0.755. The number of Topliss-reactive ketones (excluding diaryl/α,β-unsaturated/α-hetero) is 1. The Morgan fingerprint density at radius 2 is 1.62 bits per heavy atom. The van der Waals surface area contributed by atoms with Crippen LogP contribution in [0.15, 0.2) is 91.1 Å². The third-order valence-corrected chi connectivity index (χ3v) is 14.5. The normalized spacial score (nSPS) is 22.6. The summed E-state index contributed by atoms with van der Waals surface area (Å²) >= 11 is 12.8. The molecule has 17 heteroatoms. The molecule has 5 aliphatic rings. The fourth-order valence-corrected chi connectivity index (χ4v) is 11.3. The van der Waals surface area contributed by atoms with E-state index in [-0.39, 0.29) is 39.8 Å². The van der Waals surface area contributed by atoms with Crippen LogP contribution in [0.2, 0.25) is 10.0 Å². The largest absolute Gasteiger partial charge is 0.382 e. The number of fused-ring (bicyclic) bond motifs is 4. The van der Waals surface area contributed by atoms with Crippen molar-refractivity contribution in [3.05, 3.63) is 135 Å². The van der Waals surface area contributed by atoms with Crippen LogP contribution < -0.4 is 26.6 Å². The second-order valence-electron chi connectivity index (χ2n) is 17.9. The Kier molecular flexibility index (Phi) is 13.6. The second kappa shape index (κ2) is 19.6. The molecule has 4 aromatic carbocycles. The fourth-order valence-electron chi connectivity index (χ4n) is 11.0. The number of benzene rings is 4. The monoisotopic (exact) mass is 964 g/mol. The summed E-state index contributed by atoms with van der Waals surface area (Å²) in [7, 11) is 0. The molecule has 2 saturated heterocycles. The lowest BCUT2D eigenvalue weighted by Gasteiger charge is -2.47. The zero-order valence-corrected chi connectivity index (χ0v) is 38.7. The lowest BCUT2D eigenvalue weighted by atomic mass is 9.55. The molecule has 1 unspecified atom stereocenters.